The van der Waals surface area contributed by atoms with E-state index in [1.807, 2.05) is 0 Å². The number of alkyl halides is 2. The Labute approximate surface area is 119 Å². The second-order valence-corrected chi connectivity index (χ2v) is 6.05. The van der Waals surface area contributed by atoms with E-state index in [9.17, 15) is 13.6 Å². The van der Waals surface area contributed by atoms with Gasteiger partial charge in [-0.25, -0.2) is 8.78 Å². The van der Waals surface area contributed by atoms with Crippen molar-refractivity contribution in [3.63, 3.8) is 0 Å². The summed E-state index contributed by atoms with van der Waals surface area (Å²) in [5.74, 6) is -2.34. The SMILES string of the molecule is CCC(=O)c1cc(F)c(OCC2CC2(Cl)Cl)cc1F. The molecule has 0 N–H and O–H groups in total. The van der Waals surface area contributed by atoms with E-state index in [0.717, 1.165) is 12.1 Å². The van der Waals surface area contributed by atoms with Crippen molar-refractivity contribution in [3.8, 4) is 5.75 Å². The molecule has 1 saturated carbocycles. The molecule has 1 aromatic rings. The number of benzene rings is 1. The summed E-state index contributed by atoms with van der Waals surface area (Å²) in [7, 11) is 0. The normalized spacial score (nSPS) is 20.2. The fraction of sp³-hybridized carbons (Fsp3) is 0.462. The van der Waals surface area contributed by atoms with Crippen LogP contribution in [0.4, 0.5) is 8.78 Å². The number of hydrogen-bond acceptors (Lipinski definition) is 2. The predicted octanol–water partition coefficient (Wildman–Crippen LogP) is 4.13. The smallest absolute Gasteiger partial charge is 0.166 e. The Morgan fingerprint density at radius 2 is 2.05 bits per heavy atom. The maximum atomic E-state index is 13.7. The molecule has 0 saturated heterocycles. The summed E-state index contributed by atoms with van der Waals surface area (Å²) in [6, 6.07) is 1.74. The maximum Gasteiger partial charge on any atom is 0.166 e. The van der Waals surface area contributed by atoms with E-state index in [1.54, 1.807) is 6.92 Å². The Bertz CT molecular complexity index is 518. The number of ether oxygens (including phenoxy) is 1. The molecule has 104 valence electrons. The lowest BCUT2D eigenvalue weighted by Gasteiger charge is -2.09. The Kier molecular flexibility index (Phi) is 4.02. The third kappa shape index (κ3) is 3.18. The number of carbonyl (C=O) groups excluding carboxylic acids is 1. The van der Waals surface area contributed by atoms with Crippen LogP contribution in [0.1, 0.15) is 30.1 Å². The van der Waals surface area contributed by atoms with Crippen molar-refractivity contribution in [2.75, 3.05) is 6.61 Å². The second kappa shape index (κ2) is 5.25. The first-order valence-electron chi connectivity index (χ1n) is 5.88. The van der Waals surface area contributed by atoms with E-state index in [4.69, 9.17) is 27.9 Å². The zero-order valence-corrected chi connectivity index (χ0v) is 11.7. The van der Waals surface area contributed by atoms with Crippen LogP contribution in [0.5, 0.6) is 5.75 Å². The molecular formula is C13H12Cl2F2O2. The molecule has 1 fully saturated rings. The second-order valence-electron chi connectivity index (χ2n) is 4.51. The van der Waals surface area contributed by atoms with Crippen molar-refractivity contribution < 1.29 is 18.3 Å². The monoisotopic (exact) mass is 308 g/mol. The molecular weight excluding hydrogens is 297 g/mol. The van der Waals surface area contributed by atoms with Crippen molar-refractivity contribution >= 4 is 29.0 Å². The van der Waals surface area contributed by atoms with E-state index >= 15 is 0 Å². The summed E-state index contributed by atoms with van der Waals surface area (Å²) < 4.78 is 31.6. The Morgan fingerprint density at radius 3 is 2.58 bits per heavy atom. The highest BCUT2D eigenvalue weighted by atomic mass is 35.5. The zero-order valence-electron chi connectivity index (χ0n) is 10.2. The highest BCUT2D eigenvalue weighted by Gasteiger charge is 2.52. The van der Waals surface area contributed by atoms with Crippen LogP contribution in [0.2, 0.25) is 0 Å². The van der Waals surface area contributed by atoms with Crippen LogP contribution in [0.25, 0.3) is 0 Å². The molecule has 0 spiro atoms. The summed E-state index contributed by atoms with van der Waals surface area (Å²) in [6.07, 6.45) is 0.673. The number of carbonyl (C=O) groups is 1. The molecule has 0 radical (unpaired) electrons. The van der Waals surface area contributed by atoms with Gasteiger partial charge in [0.05, 0.1) is 12.2 Å². The zero-order chi connectivity index (χ0) is 14.2. The topological polar surface area (TPSA) is 26.3 Å². The van der Waals surface area contributed by atoms with Crippen LogP contribution >= 0.6 is 23.2 Å². The van der Waals surface area contributed by atoms with Gasteiger partial charge in [0.15, 0.2) is 17.3 Å². The molecule has 0 aromatic heterocycles. The van der Waals surface area contributed by atoms with Crippen molar-refractivity contribution in [1.29, 1.82) is 0 Å². The van der Waals surface area contributed by atoms with Gasteiger partial charge in [-0.05, 0) is 12.5 Å². The van der Waals surface area contributed by atoms with Gasteiger partial charge in [0, 0.05) is 18.4 Å². The molecule has 2 rings (SSSR count). The van der Waals surface area contributed by atoms with Crippen molar-refractivity contribution in [2.45, 2.75) is 24.1 Å². The number of halogens is 4. The molecule has 0 bridgehead atoms. The first kappa shape index (κ1) is 14.5. The van der Waals surface area contributed by atoms with Crippen molar-refractivity contribution in [2.24, 2.45) is 5.92 Å². The Hall–Kier alpha value is -0.870. The first-order valence-corrected chi connectivity index (χ1v) is 6.63. The molecule has 1 aliphatic carbocycles. The first-order chi connectivity index (χ1) is 8.85. The van der Waals surface area contributed by atoms with Crippen LogP contribution in [0.15, 0.2) is 12.1 Å². The molecule has 0 aliphatic heterocycles. The third-order valence-corrected chi connectivity index (χ3v) is 3.96. The van der Waals surface area contributed by atoms with Gasteiger partial charge in [0.25, 0.3) is 0 Å². The van der Waals surface area contributed by atoms with Crippen molar-refractivity contribution in [1.82, 2.24) is 0 Å². The number of hydrogen-bond donors (Lipinski definition) is 0. The molecule has 0 amide bonds. The minimum Gasteiger partial charge on any atom is -0.490 e. The molecule has 0 heterocycles. The predicted molar refractivity (Wildman–Crippen MR) is 69.0 cm³/mol. The van der Waals surface area contributed by atoms with Gasteiger partial charge >= 0.3 is 0 Å². The maximum absolute atomic E-state index is 13.7. The van der Waals surface area contributed by atoms with Gasteiger partial charge in [0.1, 0.15) is 10.2 Å². The fourth-order valence-corrected chi connectivity index (χ4v) is 2.18. The summed E-state index contributed by atoms with van der Waals surface area (Å²) in [6.45, 7) is 1.70. The van der Waals surface area contributed by atoms with Crippen LogP contribution in [0.3, 0.4) is 0 Å². The van der Waals surface area contributed by atoms with Crippen LogP contribution < -0.4 is 4.74 Å². The fourth-order valence-electron chi connectivity index (χ4n) is 1.68. The summed E-state index contributed by atoms with van der Waals surface area (Å²) in [5.41, 5.74) is -0.261. The standard InChI is InChI=1S/C13H12Cl2F2O2/c1-2-11(18)8-3-10(17)12(4-9(8)16)19-6-7-5-13(7,14)15/h3-4,7H,2,5-6H2,1H3. The van der Waals surface area contributed by atoms with Crippen LogP contribution in [-0.2, 0) is 0 Å². The average molecular weight is 309 g/mol. The molecule has 2 nitrogen and oxygen atoms in total. The molecule has 1 atom stereocenters. The van der Waals surface area contributed by atoms with Gasteiger partial charge in [-0.2, -0.15) is 0 Å². The highest BCUT2D eigenvalue weighted by molar-refractivity contribution is 6.50. The lowest BCUT2D eigenvalue weighted by Crippen LogP contribution is -2.08. The minimum atomic E-state index is -0.826. The van der Waals surface area contributed by atoms with E-state index in [1.165, 1.54) is 0 Å². The summed E-state index contributed by atoms with van der Waals surface area (Å²) in [5, 5.41) is 0. The van der Waals surface area contributed by atoms with Crippen LogP contribution in [0, 0.1) is 17.6 Å². The van der Waals surface area contributed by atoms with Crippen LogP contribution in [-0.4, -0.2) is 16.7 Å². The van der Waals surface area contributed by atoms with E-state index in [2.05, 4.69) is 0 Å². The molecule has 6 heteroatoms. The number of ketones is 1. The largest absolute Gasteiger partial charge is 0.490 e. The van der Waals surface area contributed by atoms with Gasteiger partial charge in [-0.15, -0.1) is 23.2 Å². The Balaban J connectivity index is 2.10. The van der Waals surface area contributed by atoms with E-state index in [-0.39, 0.29) is 30.3 Å². The minimum absolute atomic E-state index is 0.0877. The molecule has 19 heavy (non-hydrogen) atoms. The molecule has 1 unspecified atom stereocenters. The quantitative estimate of drug-likeness (QED) is 0.604. The number of Topliss-reactive ketones (excluding diaryl/α,β-unsaturated/α-hetero) is 1. The van der Waals surface area contributed by atoms with Gasteiger partial charge in [0.2, 0.25) is 0 Å². The highest BCUT2D eigenvalue weighted by Crippen LogP contribution is 2.53. The van der Waals surface area contributed by atoms with E-state index < -0.39 is 21.8 Å². The van der Waals surface area contributed by atoms with E-state index in [0.29, 0.717) is 6.42 Å². The van der Waals surface area contributed by atoms with Crippen molar-refractivity contribution in [3.05, 3.63) is 29.3 Å². The van der Waals surface area contributed by atoms with Gasteiger partial charge in [-0.1, -0.05) is 6.92 Å². The third-order valence-electron chi connectivity index (χ3n) is 3.04. The van der Waals surface area contributed by atoms with Gasteiger partial charge < -0.3 is 4.74 Å². The lowest BCUT2D eigenvalue weighted by atomic mass is 10.1. The average Bonchev–Trinajstić information content (AvgIpc) is 2.96. The lowest BCUT2D eigenvalue weighted by molar-refractivity contribution is 0.0983. The Morgan fingerprint density at radius 1 is 1.42 bits per heavy atom. The summed E-state index contributed by atoms with van der Waals surface area (Å²) >= 11 is 11.6. The number of rotatable bonds is 5. The summed E-state index contributed by atoms with van der Waals surface area (Å²) in [4.78, 5) is 11.4. The van der Waals surface area contributed by atoms with Gasteiger partial charge in [-0.3, -0.25) is 4.79 Å². The molecule has 1 aromatic carbocycles. The molecule has 1 aliphatic rings.